The zero-order valence-corrected chi connectivity index (χ0v) is 16.4. The highest BCUT2D eigenvalue weighted by Crippen LogP contribution is 2.56. The molecule has 0 radical (unpaired) electrons. The van der Waals surface area contributed by atoms with Gasteiger partial charge in [0.15, 0.2) is 0 Å². The van der Waals surface area contributed by atoms with Crippen LogP contribution in [0.15, 0.2) is 5.16 Å². The highest BCUT2D eigenvalue weighted by Gasteiger charge is 2.67. The van der Waals surface area contributed by atoms with E-state index in [1.165, 1.54) is 7.11 Å². The summed E-state index contributed by atoms with van der Waals surface area (Å²) in [6.45, 7) is 0.744. The maximum atomic E-state index is 14.5. The highest BCUT2D eigenvalue weighted by molar-refractivity contribution is 7.90. The van der Waals surface area contributed by atoms with E-state index in [1.807, 2.05) is 0 Å². The zero-order chi connectivity index (χ0) is 20.5. The van der Waals surface area contributed by atoms with E-state index in [9.17, 15) is 22.0 Å². The van der Waals surface area contributed by atoms with Gasteiger partial charge in [0.2, 0.25) is 15.0 Å². The van der Waals surface area contributed by atoms with Crippen molar-refractivity contribution in [3.8, 4) is 0 Å². The minimum Gasteiger partial charge on any atom is -0.469 e. The minimum atomic E-state index is -3.86. The van der Waals surface area contributed by atoms with E-state index >= 15 is 0 Å². The van der Waals surface area contributed by atoms with Gasteiger partial charge < -0.3 is 15.4 Å². The second kappa shape index (κ2) is 6.06. The zero-order valence-electron chi connectivity index (χ0n) is 15.6. The maximum absolute atomic E-state index is 14.5. The predicted octanol–water partition coefficient (Wildman–Crippen LogP) is 0.635. The van der Waals surface area contributed by atoms with Crippen LogP contribution in [-0.2, 0) is 31.7 Å². The lowest BCUT2D eigenvalue weighted by Crippen LogP contribution is -2.38. The molecule has 4 rings (SSSR count). The normalized spacial score (nSPS) is 30.5. The van der Waals surface area contributed by atoms with Crippen LogP contribution in [0.2, 0.25) is 0 Å². The molecule has 28 heavy (non-hydrogen) atoms. The van der Waals surface area contributed by atoms with Crippen molar-refractivity contribution in [1.82, 2.24) is 9.97 Å². The molecule has 3 aliphatic rings. The van der Waals surface area contributed by atoms with Gasteiger partial charge >= 0.3 is 5.97 Å². The van der Waals surface area contributed by atoms with Crippen LogP contribution in [0.1, 0.15) is 30.5 Å². The van der Waals surface area contributed by atoms with Gasteiger partial charge in [0.1, 0.15) is 11.5 Å². The summed E-state index contributed by atoms with van der Waals surface area (Å²) in [5.41, 5.74) is 5.58. The predicted molar refractivity (Wildman–Crippen MR) is 94.7 cm³/mol. The Kier molecular flexibility index (Phi) is 4.20. The molecule has 2 N–H and O–H groups in total. The number of esters is 1. The molecule has 2 fully saturated rings. The Hall–Kier alpha value is -1.88. The van der Waals surface area contributed by atoms with Crippen molar-refractivity contribution in [3.05, 3.63) is 11.3 Å². The fourth-order valence-electron chi connectivity index (χ4n) is 4.57. The molecule has 2 aliphatic carbocycles. The number of halogens is 2. The molecule has 154 valence electrons. The molecule has 1 aromatic rings. The van der Waals surface area contributed by atoms with E-state index < -0.39 is 32.1 Å². The summed E-state index contributed by atoms with van der Waals surface area (Å²) in [7, 11) is -2.55. The second-order valence-electron chi connectivity index (χ2n) is 7.97. The molecule has 8 nitrogen and oxygen atoms in total. The summed E-state index contributed by atoms with van der Waals surface area (Å²) >= 11 is 0. The molecule has 1 aliphatic heterocycles. The van der Waals surface area contributed by atoms with Gasteiger partial charge in [-0.05, 0) is 18.8 Å². The average Bonchev–Trinajstić information content (AvgIpc) is 2.95. The van der Waals surface area contributed by atoms with Gasteiger partial charge in [0, 0.05) is 42.8 Å². The highest BCUT2D eigenvalue weighted by atomic mass is 32.2. The first kappa shape index (κ1) is 19.4. The lowest BCUT2D eigenvalue weighted by atomic mass is 9.93. The number of fused-ring (bicyclic) bond motifs is 2. The molecule has 0 amide bonds. The molecule has 1 saturated carbocycles. The Labute approximate surface area is 161 Å². The van der Waals surface area contributed by atoms with Crippen LogP contribution in [0.25, 0.3) is 0 Å². The quantitative estimate of drug-likeness (QED) is 0.562. The van der Waals surface area contributed by atoms with Crippen LogP contribution in [0.5, 0.6) is 0 Å². The van der Waals surface area contributed by atoms with E-state index in [-0.39, 0.29) is 48.4 Å². The van der Waals surface area contributed by atoms with E-state index in [0.29, 0.717) is 19.5 Å². The molecule has 1 aromatic heterocycles. The standard InChI is InChI=1S/C17H22F2N4O4S/c1-27-12(24)6-10-11-7-23(8-16(10,11)20)14-9-4-3-5-17(18,19)13(9)21-15(22-14)28(2,25)26/h10-11H,3-8,20H2,1-2H3/t10-,11-,16-/m0/s1. The lowest BCUT2D eigenvalue weighted by Gasteiger charge is -2.30. The van der Waals surface area contributed by atoms with E-state index in [1.54, 1.807) is 4.90 Å². The molecule has 3 atom stereocenters. The van der Waals surface area contributed by atoms with E-state index in [2.05, 4.69) is 9.97 Å². The first-order chi connectivity index (χ1) is 13.0. The average molecular weight is 416 g/mol. The third-order valence-electron chi connectivity index (χ3n) is 6.11. The van der Waals surface area contributed by atoms with Crippen molar-refractivity contribution in [2.75, 3.05) is 31.4 Å². The topological polar surface area (TPSA) is 115 Å². The number of carbonyl (C=O) groups excluding carboxylic acids is 1. The number of sulfone groups is 1. The van der Waals surface area contributed by atoms with Crippen LogP contribution in [0.3, 0.4) is 0 Å². The Bertz CT molecular complexity index is 955. The molecule has 0 spiro atoms. The van der Waals surface area contributed by atoms with Gasteiger partial charge in [-0.15, -0.1) is 0 Å². The summed E-state index contributed by atoms with van der Waals surface area (Å²) in [5, 5.41) is -0.597. The Morgan fingerprint density at radius 3 is 2.68 bits per heavy atom. The Balaban J connectivity index is 1.69. The van der Waals surface area contributed by atoms with Crippen molar-refractivity contribution in [3.63, 3.8) is 0 Å². The number of piperidine rings is 1. The number of nitrogens with two attached hydrogens (primary N) is 1. The number of methoxy groups -OCH3 is 1. The molecule has 0 aromatic carbocycles. The van der Waals surface area contributed by atoms with Gasteiger partial charge in [0.05, 0.1) is 13.5 Å². The summed E-state index contributed by atoms with van der Waals surface area (Å²) in [6, 6.07) is 0. The third-order valence-corrected chi connectivity index (χ3v) is 6.96. The number of hydrogen-bond acceptors (Lipinski definition) is 8. The number of anilines is 1. The smallest absolute Gasteiger partial charge is 0.305 e. The maximum Gasteiger partial charge on any atom is 0.305 e. The van der Waals surface area contributed by atoms with Crippen molar-refractivity contribution in [2.45, 2.75) is 42.3 Å². The summed E-state index contributed by atoms with van der Waals surface area (Å²) in [4.78, 5) is 21.2. The molecule has 2 heterocycles. The van der Waals surface area contributed by atoms with Crippen LogP contribution in [0, 0.1) is 11.8 Å². The fraction of sp³-hybridized carbons (Fsp3) is 0.706. The van der Waals surface area contributed by atoms with Gasteiger partial charge in [-0.25, -0.2) is 18.4 Å². The Morgan fingerprint density at radius 1 is 1.39 bits per heavy atom. The van der Waals surface area contributed by atoms with Crippen LogP contribution >= 0.6 is 0 Å². The van der Waals surface area contributed by atoms with Crippen LogP contribution < -0.4 is 10.6 Å². The number of aromatic nitrogens is 2. The molecular formula is C17H22F2N4O4S. The third kappa shape index (κ3) is 2.95. The number of hydrogen-bond donors (Lipinski definition) is 1. The first-order valence-corrected chi connectivity index (χ1v) is 11.0. The van der Waals surface area contributed by atoms with Crippen molar-refractivity contribution in [2.24, 2.45) is 17.6 Å². The number of alkyl halides is 2. The van der Waals surface area contributed by atoms with Gasteiger partial charge in [-0.3, -0.25) is 4.79 Å². The SMILES string of the molecule is COC(=O)C[C@H]1[C@@H]2CN(c3nc(S(C)(=O)=O)nc4c3CCCC4(F)F)C[C@]12N. The Morgan fingerprint density at radius 2 is 2.11 bits per heavy atom. The van der Waals surface area contributed by atoms with Crippen molar-refractivity contribution < 1.29 is 26.7 Å². The summed E-state index contributed by atoms with van der Waals surface area (Å²) in [5.74, 6) is -3.35. The summed E-state index contributed by atoms with van der Waals surface area (Å²) in [6.07, 6.45) is 1.36. The molecule has 1 saturated heterocycles. The lowest BCUT2D eigenvalue weighted by molar-refractivity contribution is -0.141. The number of rotatable bonds is 4. The van der Waals surface area contributed by atoms with Gasteiger partial charge in [-0.2, -0.15) is 8.78 Å². The molecule has 11 heteroatoms. The number of ether oxygens (including phenoxy) is 1. The molecule has 0 unspecified atom stereocenters. The fourth-order valence-corrected chi connectivity index (χ4v) is 5.08. The van der Waals surface area contributed by atoms with Gasteiger partial charge in [-0.1, -0.05) is 0 Å². The van der Waals surface area contributed by atoms with Crippen LogP contribution in [0.4, 0.5) is 14.6 Å². The van der Waals surface area contributed by atoms with Crippen molar-refractivity contribution >= 4 is 21.6 Å². The molecular weight excluding hydrogens is 394 g/mol. The van der Waals surface area contributed by atoms with Gasteiger partial charge in [0.25, 0.3) is 5.92 Å². The summed E-state index contributed by atoms with van der Waals surface area (Å²) < 4.78 is 57.6. The minimum absolute atomic E-state index is 0.00278. The largest absolute Gasteiger partial charge is 0.469 e. The first-order valence-electron chi connectivity index (χ1n) is 9.07. The van der Waals surface area contributed by atoms with E-state index in [0.717, 1.165) is 6.26 Å². The second-order valence-corrected chi connectivity index (χ2v) is 9.88. The molecule has 0 bridgehead atoms. The number of carbonyl (C=O) groups is 1. The van der Waals surface area contributed by atoms with Crippen LogP contribution in [-0.4, -0.2) is 56.3 Å². The number of nitrogens with zero attached hydrogens (tertiary/aromatic N) is 3. The van der Waals surface area contributed by atoms with Crippen molar-refractivity contribution in [1.29, 1.82) is 0 Å². The monoisotopic (exact) mass is 416 g/mol. The van der Waals surface area contributed by atoms with E-state index in [4.69, 9.17) is 10.5 Å².